The Morgan fingerprint density at radius 2 is 1.35 bits per heavy atom. The van der Waals surface area contributed by atoms with Crippen LogP contribution in [0.2, 0.25) is 0 Å². The maximum atomic E-state index is 6.49. The van der Waals surface area contributed by atoms with Gasteiger partial charge in [-0.15, -0.1) is 0 Å². The van der Waals surface area contributed by atoms with E-state index in [0.717, 1.165) is 0 Å². The van der Waals surface area contributed by atoms with Crippen LogP contribution in [0.5, 0.6) is 0 Å². The van der Waals surface area contributed by atoms with Gasteiger partial charge in [0.25, 0.3) is 0 Å². The quantitative estimate of drug-likeness (QED) is 0.703. The van der Waals surface area contributed by atoms with Crippen molar-refractivity contribution in [2.45, 2.75) is 75.9 Å². The zero-order chi connectivity index (χ0) is 15.5. The van der Waals surface area contributed by atoms with Crippen molar-refractivity contribution in [2.75, 3.05) is 0 Å². The number of aliphatic imine (C=N–C) groups is 1. The molecule has 1 aromatic rings. The summed E-state index contributed by atoms with van der Waals surface area (Å²) in [5, 5.41) is 0. The number of rotatable bonds is 3. The minimum atomic E-state index is -0.0673. The van der Waals surface area contributed by atoms with Crippen LogP contribution in [0.4, 0.5) is 0 Å². The predicted molar refractivity (Wildman–Crippen MR) is 94.6 cm³/mol. The van der Waals surface area contributed by atoms with Crippen molar-refractivity contribution >= 4 is 6.40 Å². The molecule has 0 spiro atoms. The van der Waals surface area contributed by atoms with Crippen molar-refractivity contribution < 1.29 is 4.74 Å². The van der Waals surface area contributed by atoms with Gasteiger partial charge in [0.05, 0.1) is 0 Å². The van der Waals surface area contributed by atoms with E-state index in [4.69, 9.17) is 9.73 Å². The third kappa shape index (κ3) is 2.70. The molecule has 0 N–H and O–H groups in total. The van der Waals surface area contributed by atoms with Crippen LogP contribution in [0.3, 0.4) is 0 Å². The lowest BCUT2D eigenvalue weighted by atomic mass is 9.62. The van der Waals surface area contributed by atoms with E-state index in [2.05, 4.69) is 30.3 Å². The van der Waals surface area contributed by atoms with Gasteiger partial charge < -0.3 is 4.74 Å². The Morgan fingerprint density at radius 3 is 1.91 bits per heavy atom. The Hall–Kier alpha value is -1.31. The van der Waals surface area contributed by atoms with Crippen molar-refractivity contribution in [1.29, 1.82) is 0 Å². The van der Waals surface area contributed by atoms with E-state index in [9.17, 15) is 0 Å². The zero-order valence-corrected chi connectivity index (χ0v) is 14.1. The lowest BCUT2D eigenvalue weighted by Gasteiger charge is -2.48. The van der Waals surface area contributed by atoms with Gasteiger partial charge in [-0.05, 0) is 31.2 Å². The molecule has 124 valence electrons. The topological polar surface area (TPSA) is 21.6 Å². The molecule has 2 saturated carbocycles. The van der Waals surface area contributed by atoms with E-state index in [1.54, 1.807) is 6.40 Å². The van der Waals surface area contributed by atoms with Crippen LogP contribution in [0.25, 0.3) is 0 Å². The summed E-state index contributed by atoms with van der Waals surface area (Å²) in [5.41, 5.74) is 1.28. The van der Waals surface area contributed by atoms with Gasteiger partial charge in [-0.3, -0.25) is 0 Å². The Morgan fingerprint density at radius 1 is 0.783 bits per heavy atom. The molecule has 1 heterocycles. The lowest BCUT2D eigenvalue weighted by Crippen LogP contribution is -2.50. The van der Waals surface area contributed by atoms with Crippen molar-refractivity contribution in [3.05, 3.63) is 35.9 Å². The standard InChI is InChI=1S/C21H29NO/c1-4-10-17(11-5-1)20-21(23-16-22-20,18-12-6-2-7-13-18)19-14-8-3-9-15-19/h1,4-5,10-11,16,18-20H,2-3,6-9,12-15H2/t20-/m1/s1. The average molecular weight is 311 g/mol. The number of ether oxygens (including phenoxy) is 1. The zero-order valence-electron chi connectivity index (χ0n) is 14.1. The highest BCUT2D eigenvalue weighted by molar-refractivity contribution is 5.53. The summed E-state index contributed by atoms with van der Waals surface area (Å²) < 4.78 is 6.49. The first-order chi connectivity index (χ1) is 11.4. The molecule has 2 fully saturated rings. The van der Waals surface area contributed by atoms with Crippen LogP contribution in [-0.4, -0.2) is 12.0 Å². The van der Waals surface area contributed by atoms with Gasteiger partial charge in [0.15, 0.2) is 6.40 Å². The Kier molecular flexibility index (Phi) is 4.41. The first-order valence-electron chi connectivity index (χ1n) is 9.65. The van der Waals surface area contributed by atoms with Crippen molar-refractivity contribution in [3.63, 3.8) is 0 Å². The molecule has 0 unspecified atom stereocenters. The maximum absolute atomic E-state index is 6.49. The van der Waals surface area contributed by atoms with Crippen LogP contribution in [-0.2, 0) is 4.74 Å². The van der Waals surface area contributed by atoms with Gasteiger partial charge in [0.2, 0.25) is 0 Å². The second kappa shape index (κ2) is 6.67. The third-order valence-electron chi connectivity index (χ3n) is 6.50. The fourth-order valence-corrected chi connectivity index (χ4v) is 5.43. The first kappa shape index (κ1) is 15.2. The fourth-order valence-electron chi connectivity index (χ4n) is 5.43. The first-order valence-corrected chi connectivity index (χ1v) is 9.65. The molecule has 2 nitrogen and oxygen atoms in total. The summed E-state index contributed by atoms with van der Waals surface area (Å²) in [6.07, 6.45) is 15.3. The number of hydrogen-bond acceptors (Lipinski definition) is 2. The van der Waals surface area contributed by atoms with E-state index in [1.165, 1.54) is 69.8 Å². The predicted octanol–water partition coefficient (Wildman–Crippen LogP) is 5.69. The monoisotopic (exact) mass is 311 g/mol. The molecule has 23 heavy (non-hydrogen) atoms. The highest BCUT2D eigenvalue weighted by Gasteiger charge is 2.55. The summed E-state index contributed by atoms with van der Waals surface area (Å²) in [6, 6.07) is 11.1. The lowest BCUT2D eigenvalue weighted by molar-refractivity contribution is -0.0780. The van der Waals surface area contributed by atoms with Crippen molar-refractivity contribution in [3.8, 4) is 0 Å². The molecule has 3 aliphatic rings. The smallest absolute Gasteiger partial charge is 0.171 e. The van der Waals surface area contributed by atoms with Gasteiger partial charge >= 0.3 is 0 Å². The van der Waals surface area contributed by atoms with Gasteiger partial charge in [-0.2, -0.15) is 0 Å². The second-order valence-electron chi connectivity index (χ2n) is 7.71. The normalized spacial score (nSPS) is 28.6. The molecule has 2 aliphatic carbocycles. The van der Waals surface area contributed by atoms with Crippen molar-refractivity contribution in [1.82, 2.24) is 0 Å². The Balaban J connectivity index is 1.71. The minimum absolute atomic E-state index is 0.0673. The Bertz CT molecular complexity index is 508. The molecule has 1 aromatic carbocycles. The highest BCUT2D eigenvalue weighted by Crippen LogP contribution is 2.54. The van der Waals surface area contributed by atoms with Gasteiger partial charge in [0, 0.05) is 11.8 Å². The minimum Gasteiger partial charge on any atom is -0.474 e. The van der Waals surface area contributed by atoms with Crippen LogP contribution >= 0.6 is 0 Å². The highest BCUT2D eigenvalue weighted by atomic mass is 16.5. The van der Waals surface area contributed by atoms with E-state index in [1.807, 2.05) is 0 Å². The molecule has 4 rings (SSSR count). The van der Waals surface area contributed by atoms with E-state index in [0.29, 0.717) is 11.8 Å². The van der Waals surface area contributed by atoms with Crippen LogP contribution in [0, 0.1) is 11.8 Å². The van der Waals surface area contributed by atoms with Gasteiger partial charge in [0.1, 0.15) is 11.6 Å². The Labute approximate surface area is 140 Å². The summed E-state index contributed by atoms with van der Waals surface area (Å²) in [4.78, 5) is 4.86. The van der Waals surface area contributed by atoms with Crippen LogP contribution in [0.15, 0.2) is 35.3 Å². The molecule has 0 amide bonds. The molecule has 2 heteroatoms. The van der Waals surface area contributed by atoms with E-state index < -0.39 is 0 Å². The van der Waals surface area contributed by atoms with Crippen LogP contribution < -0.4 is 0 Å². The summed E-state index contributed by atoms with van der Waals surface area (Å²) in [7, 11) is 0. The molecular weight excluding hydrogens is 282 g/mol. The number of hydrogen-bond donors (Lipinski definition) is 0. The third-order valence-corrected chi connectivity index (χ3v) is 6.50. The SMILES string of the molecule is C1=N[C@H](c2ccccc2)C(C2CCCCC2)(C2CCCCC2)O1. The van der Waals surface area contributed by atoms with Crippen LogP contribution in [0.1, 0.15) is 75.8 Å². The maximum Gasteiger partial charge on any atom is 0.171 e. The van der Waals surface area contributed by atoms with Gasteiger partial charge in [-0.1, -0.05) is 68.9 Å². The summed E-state index contributed by atoms with van der Waals surface area (Å²) >= 11 is 0. The molecule has 1 atom stereocenters. The fraction of sp³-hybridized carbons (Fsp3) is 0.667. The van der Waals surface area contributed by atoms with E-state index >= 15 is 0 Å². The summed E-state index contributed by atoms with van der Waals surface area (Å²) in [6.45, 7) is 0. The molecule has 0 saturated heterocycles. The van der Waals surface area contributed by atoms with Crippen molar-refractivity contribution in [2.24, 2.45) is 16.8 Å². The van der Waals surface area contributed by atoms with Gasteiger partial charge in [-0.25, -0.2) is 4.99 Å². The average Bonchev–Trinajstić information content (AvgIpc) is 3.10. The molecular formula is C21H29NO. The number of benzene rings is 1. The second-order valence-corrected chi connectivity index (χ2v) is 7.71. The molecule has 0 aromatic heterocycles. The molecule has 0 radical (unpaired) electrons. The molecule has 1 aliphatic heterocycles. The number of nitrogens with zero attached hydrogens (tertiary/aromatic N) is 1. The summed E-state index contributed by atoms with van der Waals surface area (Å²) in [5.74, 6) is 1.35. The largest absolute Gasteiger partial charge is 0.474 e. The van der Waals surface area contributed by atoms with E-state index in [-0.39, 0.29) is 11.6 Å². The molecule has 0 bridgehead atoms.